The first-order chi connectivity index (χ1) is 14.5. The Morgan fingerprint density at radius 1 is 1.10 bits per heavy atom. The average molecular weight is 429 g/mol. The van der Waals surface area contributed by atoms with Crippen LogP contribution in [-0.2, 0) is 10.5 Å². The summed E-state index contributed by atoms with van der Waals surface area (Å²) < 4.78 is 42.4. The fourth-order valence-corrected chi connectivity index (χ4v) is 5.62. The van der Waals surface area contributed by atoms with Crippen molar-refractivity contribution in [2.45, 2.75) is 10.6 Å². The summed E-state index contributed by atoms with van der Waals surface area (Å²) in [5.41, 5.74) is 2.25. The van der Waals surface area contributed by atoms with Crippen molar-refractivity contribution in [1.82, 2.24) is 14.7 Å². The van der Waals surface area contributed by atoms with Crippen LogP contribution in [0.1, 0.15) is 16.1 Å². The molecule has 5 rings (SSSR count). The number of nitrogens with zero attached hydrogens (tertiary/aromatic N) is 3. The maximum absolute atomic E-state index is 14.0. The number of halogens is 1. The number of aromatic nitrogens is 2. The molecular formula is C21H20FN3O4S. The van der Waals surface area contributed by atoms with E-state index < -0.39 is 16.4 Å². The zero-order valence-corrected chi connectivity index (χ0v) is 16.8. The number of rotatable bonds is 2. The van der Waals surface area contributed by atoms with Gasteiger partial charge in [-0.15, -0.1) is 0 Å². The molecule has 0 atom stereocenters. The quantitative estimate of drug-likeness (QED) is 0.648. The molecule has 3 heterocycles. The Hall–Kier alpha value is -2.72. The number of amides is 1. The van der Waals surface area contributed by atoms with Gasteiger partial charge in [-0.1, -0.05) is 24.3 Å². The lowest BCUT2D eigenvalue weighted by atomic mass is 10.0. The molecule has 0 unspecified atom stereocenters. The molecule has 1 aromatic heterocycles. The van der Waals surface area contributed by atoms with E-state index in [0.29, 0.717) is 53.7 Å². The number of carbonyl (C=O) groups is 1. The van der Waals surface area contributed by atoms with Gasteiger partial charge in [0.2, 0.25) is 0 Å². The van der Waals surface area contributed by atoms with E-state index in [1.54, 1.807) is 41.3 Å². The molecule has 156 valence electrons. The van der Waals surface area contributed by atoms with E-state index in [-0.39, 0.29) is 17.4 Å². The van der Waals surface area contributed by atoms with Crippen molar-refractivity contribution < 1.29 is 23.0 Å². The van der Waals surface area contributed by atoms with Gasteiger partial charge in [0.25, 0.3) is 5.91 Å². The molecular weight excluding hydrogens is 409 g/mol. The number of ether oxygens (including phenoxy) is 1. The number of morpholine rings is 1. The Morgan fingerprint density at radius 3 is 2.63 bits per heavy atom. The summed E-state index contributed by atoms with van der Waals surface area (Å²) in [6.07, 6.45) is 0. The Bertz CT molecular complexity index is 1140. The van der Waals surface area contributed by atoms with Crippen molar-refractivity contribution in [2.24, 2.45) is 0 Å². The lowest BCUT2D eigenvalue weighted by molar-refractivity contribution is 0.0298. The highest BCUT2D eigenvalue weighted by molar-refractivity contribution is 8.23. The number of carbonyl (C=O) groups excluding carboxylic acids is 1. The highest BCUT2D eigenvalue weighted by atomic mass is 32.3. The van der Waals surface area contributed by atoms with Gasteiger partial charge >= 0.3 is 0 Å². The molecule has 2 aliphatic heterocycles. The Balaban J connectivity index is 1.74. The first-order valence-corrected chi connectivity index (χ1v) is 11.3. The van der Waals surface area contributed by atoms with Crippen molar-refractivity contribution in [1.29, 1.82) is 0 Å². The van der Waals surface area contributed by atoms with E-state index in [4.69, 9.17) is 4.74 Å². The van der Waals surface area contributed by atoms with Crippen LogP contribution in [0.5, 0.6) is 0 Å². The molecule has 2 N–H and O–H groups in total. The maximum atomic E-state index is 14.0. The first-order valence-electron chi connectivity index (χ1n) is 9.56. The molecule has 1 saturated heterocycles. The summed E-state index contributed by atoms with van der Waals surface area (Å²) in [6, 6.07) is 12.9. The van der Waals surface area contributed by atoms with E-state index >= 15 is 0 Å². The average Bonchev–Trinajstić information content (AvgIpc) is 3.12. The summed E-state index contributed by atoms with van der Waals surface area (Å²) in [7, 11) is -3.14. The van der Waals surface area contributed by atoms with E-state index in [2.05, 4.69) is 5.10 Å². The van der Waals surface area contributed by atoms with Crippen LogP contribution in [0, 0.1) is 5.82 Å². The van der Waals surface area contributed by atoms with Gasteiger partial charge in [0, 0.05) is 24.2 Å². The number of hydrogen-bond acceptors (Lipinski definition) is 5. The molecule has 0 radical (unpaired) electrons. The van der Waals surface area contributed by atoms with Gasteiger partial charge in [0.05, 0.1) is 35.2 Å². The van der Waals surface area contributed by atoms with Gasteiger partial charge in [-0.2, -0.15) is 15.7 Å². The Morgan fingerprint density at radius 2 is 1.87 bits per heavy atom. The number of fused-ring (bicyclic) bond motifs is 3. The highest BCUT2D eigenvalue weighted by Gasteiger charge is 2.37. The maximum Gasteiger partial charge on any atom is 0.274 e. The summed E-state index contributed by atoms with van der Waals surface area (Å²) in [5, 5.41) is 4.55. The predicted octanol–water partition coefficient (Wildman–Crippen LogP) is 3.77. The molecule has 0 bridgehead atoms. The van der Waals surface area contributed by atoms with Crippen molar-refractivity contribution in [2.75, 3.05) is 26.3 Å². The second kappa shape index (κ2) is 7.21. The first kappa shape index (κ1) is 19.3. The van der Waals surface area contributed by atoms with Gasteiger partial charge in [0.15, 0.2) is 5.69 Å². The molecule has 3 aromatic rings. The second-order valence-electron chi connectivity index (χ2n) is 7.28. The monoisotopic (exact) mass is 429 g/mol. The molecule has 9 heteroatoms. The Kier molecular flexibility index (Phi) is 4.62. The third-order valence-corrected chi connectivity index (χ3v) is 7.13. The fourth-order valence-electron chi connectivity index (χ4n) is 3.97. The standard InChI is InChI=1S/C21H20FN3O4S/c22-14-4-3-5-15(12-14)25-20-16-6-1-2-7-18(16)30(27,28)13-17(20)19(23-25)21(26)24-8-10-29-11-9-24/h1-7,12,27-28H,8-11,13H2. The summed E-state index contributed by atoms with van der Waals surface area (Å²) in [5.74, 6) is -0.828. The van der Waals surface area contributed by atoms with E-state index in [1.165, 1.54) is 16.8 Å². The van der Waals surface area contributed by atoms with E-state index in [1.807, 2.05) is 0 Å². The van der Waals surface area contributed by atoms with Crippen LogP contribution >= 0.6 is 10.6 Å². The van der Waals surface area contributed by atoms with Gasteiger partial charge in [-0.3, -0.25) is 13.9 Å². The summed E-state index contributed by atoms with van der Waals surface area (Å²) in [6.45, 7) is 1.76. The molecule has 2 aromatic carbocycles. The third-order valence-electron chi connectivity index (χ3n) is 5.38. The lowest BCUT2D eigenvalue weighted by Gasteiger charge is -2.38. The summed E-state index contributed by atoms with van der Waals surface area (Å²) in [4.78, 5) is 15.3. The Labute approximate surface area is 174 Å². The molecule has 0 saturated carbocycles. The van der Waals surface area contributed by atoms with E-state index in [9.17, 15) is 18.3 Å². The normalized spacial score (nSPS) is 18.4. The van der Waals surface area contributed by atoms with Crippen LogP contribution in [0.2, 0.25) is 0 Å². The molecule has 1 amide bonds. The molecule has 0 aliphatic carbocycles. The van der Waals surface area contributed by atoms with Crippen LogP contribution in [0.4, 0.5) is 4.39 Å². The molecule has 2 aliphatic rings. The van der Waals surface area contributed by atoms with E-state index in [0.717, 1.165) is 0 Å². The van der Waals surface area contributed by atoms with Crippen molar-refractivity contribution in [3.05, 3.63) is 65.6 Å². The van der Waals surface area contributed by atoms with Crippen molar-refractivity contribution >= 4 is 16.5 Å². The van der Waals surface area contributed by atoms with Crippen LogP contribution in [0.25, 0.3) is 16.9 Å². The second-order valence-corrected chi connectivity index (χ2v) is 9.34. The largest absolute Gasteiger partial charge is 0.378 e. The minimum atomic E-state index is -3.14. The fraction of sp³-hybridized carbons (Fsp3) is 0.238. The van der Waals surface area contributed by atoms with Crippen LogP contribution in [-0.4, -0.2) is 56.0 Å². The SMILES string of the molecule is O=C(c1nn(-c2cccc(F)c2)c2c1CS(O)(O)c1ccccc1-2)N1CCOCC1. The van der Waals surface area contributed by atoms with Crippen LogP contribution in [0.3, 0.4) is 0 Å². The minimum absolute atomic E-state index is 0.111. The van der Waals surface area contributed by atoms with Crippen LogP contribution < -0.4 is 0 Å². The molecule has 7 nitrogen and oxygen atoms in total. The zero-order chi connectivity index (χ0) is 20.9. The van der Waals surface area contributed by atoms with Gasteiger partial charge in [-0.05, 0) is 24.3 Å². The molecule has 30 heavy (non-hydrogen) atoms. The lowest BCUT2D eigenvalue weighted by Crippen LogP contribution is -2.41. The zero-order valence-electron chi connectivity index (χ0n) is 16.0. The third kappa shape index (κ3) is 3.10. The predicted molar refractivity (Wildman–Crippen MR) is 110 cm³/mol. The molecule has 1 fully saturated rings. The van der Waals surface area contributed by atoms with Gasteiger partial charge in [0.1, 0.15) is 5.82 Å². The van der Waals surface area contributed by atoms with Gasteiger partial charge < -0.3 is 9.64 Å². The minimum Gasteiger partial charge on any atom is -0.378 e. The number of hydrogen-bond donors (Lipinski definition) is 2. The van der Waals surface area contributed by atoms with Gasteiger partial charge in [-0.25, -0.2) is 9.07 Å². The molecule has 0 spiro atoms. The van der Waals surface area contributed by atoms with Crippen molar-refractivity contribution in [3.63, 3.8) is 0 Å². The number of benzene rings is 2. The van der Waals surface area contributed by atoms with Crippen LogP contribution in [0.15, 0.2) is 53.4 Å². The highest BCUT2D eigenvalue weighted by Crippen LogP contribution is 2.59. The topological polar surface area (TPSA) is 87.8 Å². The summed E-state index contributed by atoms with van der Waals surface area (Å²) >= 11 is 0. The van der Waals surface area contributed by atoms with Crippen molar-refractivity contribution in [3.8, 4) is 16.9 Å². The smallest absolute Gasteiger partial charge is 0.274 e.